The molecule has 80 valence electrons. The SMILES string of the molecule is CCCC(C)CC(CN)C(C)(C)C. The molecule has 2 atom stereocenters. The van der Waals surface area contributed by atoms with E-state index in [9.17, 15) is 0 Å². The molecule has 0 aromatic rings. The largest absolute Gasteiger partial charge is 0.330 e. The molecule has 0 aliphatic heterocycles. The first kappa shape index (κ1) is 13.0. The zero-order valence-corrected chi connectivity index (χ0v) is 10.1. The van der Waals surface area contributed by atoms with Crippen LogP contribution in [0.1, 0.15) is 53.9 Å². The first-order valence-electron chi connectivity index (χ1n) is 5.61. The van der Waals surface area contributed by atoms with Crippen LogP contribution >= 0.6 is 0 Å². The van der Waals surface area contributed by atoms with Gasteiger partial charge in [0.15, 0.2) is 0 Å². The standard InChI is InChI=1S/C12H27N/c1-6-7-10(2)8-11(9-13)12(3,4)5/h10-11H,6-9,13H2,1-5H3. The fourth-order valence-electron chi connectivity index (χ4n) is 1.90. The highest BCUT2D eigenvalue weighted by Gasteiger charge is 2.24. The minimum Gasteiger partial charge on any atom is -0.330 e. The molecule has 0 fully saturated rings. The van der Waals surface area contributed by atoms with Gasteiger partial charge in [-0.15, -0.1) is 0 Å². The third kappa shape index (κ3) is 5.30. The van der Waals surface area contributed by atoms with E-state index in [-0.39, 0.29) is 0 Å². The van der Waals surface area contributed by atoms with Gasteiger partial charge in [-0.25, -0.2) is 0 Å². The van der Waals surface area contributed by atoms with Crippen LogP contribution in [0.2, 0.25) is 0 Å². The van der Waals surface area contributed by atoms with Gasteiger partial charge in [-0.2, -0.15) is 0 Å². The van der Waals surface area contributed by atoms with Crippen molar-refractivity contribution in [2.45, 2.75) is 53.9 Å². The molecule has 0 rings (SSSR count). The van der Waals surface area contributed by atoms with Crippen molar-refractivity contribution in [3.05, 3.63) is 0 Å². The van der Waals surface area contributed by atoms with Crippen molar-refractivity contribution in [2.24, 2.45) is 23.0 Å². The summed E-state index contributed by atoms with van der Waals surface area (Å²) in [6.07, 6.45) is 3.92. The quantitative estimate of drug-likeness (QED) is 0.697. The zero-order chi connectivity index (χ0) is 10.5. The molecule has 0 bridgehead atoms. The lowest BCUT2D eigenvalue weighted by molar-refractivity contribution is 0.202. The fourth-order valence-corrected chi connectivity index (χ4v) is 1.90. The second kappa shape index (κ2) is 5.64. The van der Waals surface area contributed by atoms with Gasteiger partial charge in [0.2, 0.25) is 0 Å². The van der Waals surface area contributed by atoms with E-state index in [4.69, 9.17) is 5.73 Å². The Bertz CT molecular complexity index is 124. The lowest BCUT2D eigenvalue weighted by Crippen LogP contribution is -2.29. The molecule has 0 aromatic heterocycles. The molecule has 1 heteroatoms. The van der Waals surface area contributed by atoms with Crippen molar-refractivity contribution >= 4 is 0 Å². The molecule has 0 aliphatic rings. The minimum absolute atomic E-state index is 0.372. The number of hydrogen-bond donors (Lipinski definition) is 1. The average Bonchev–Trinajstić information content (AvgIpc) is 1.98. The second-order valence-electron chi connectivity index (χ2n) is 5.43. The summed E-state index contributed by atoms with van der Waals surface area (Å²) in [5.74, 6) is 1.51. The van der Waals surface area contributed by atoms with Crippen LogP contribution < -0.4 is 5.73 Å². The molecular weight excluding hydrogens is 158 g/mol. The maximum absolute atomic E-state index is 5.80. The molecule has 13 heavy (non-hydrogen) atoms. The minimum atomic E-state index is 0.372. The molecule has 0 aliphatic carbocycles. The molecule has 0 radical (unpaired) electrons. The van der Waals surface area contributed by atoms with E-state index in [1.807, 2.05) is 0 Å². The van der Waals surface area contributed by atoms with Crippen molar-refractivity contribution in [1.82, 2.24) is 0 Å². The summed E-state index contributed by atoms with van der Waals surface area (Å²) in [5.41, 5.74) is 6.18. The Morgan fingerprint density at radius 2 is 1.77 bits per heavy atom. The Kier molecular flexibility index (Phi) is 5.62. The predicted molar refractivity (Wildman–Crippen MR) is 60.7 cm³/mol. The summed E-state index contributed by atoms with van der Waals surface area (Å²) in [6, 6.07) is 0. The lowest BCUT2D eigenvalue weighted by Gasteiger charge is -2.31. The van der Waals surface area contributed by atoms with Crippen molar-refractivity contribution in [1.29, 1.82) is 0 Å². The smallest absolute Gasteiger partial charge is 0.00438 e. The second-order valence-corrected chi connectivity index (χ2v) is 5.43. The maximum Gasteiger partial charge on any atom is -0.00438 e. The molecular formula is C12H27N. The Hall–Kier alpha value is -0.0400. The summed E-state index contributed by atoms with van der Waals surface area (Å²) in [6.45, 7) is 12.3. The molecule has 0 saturated heterocycles. The van der Waals surface area contributed by atoms with Gasteiger partial charge in [0.25, 0.3) is 0 Å². The summed E-state index contributed by atoms with van der Waals surface area (Å²) in [4.78, 5) is 0. The summed E-state index contributed by atoms with van der Waals surface area (Å²) in [5, 5.41) is 0. The van der Waals surface area contributed by atoms with Crippen LogP contribution in [0, 0.1) is 17.3 Å². The van der Waals surface area contributed by atoms with Gasteiger partial charge in [0, 0.05) is 0 Å². The topological polar surface area (TPSA) is 26.0 Å². The van der Waals surface area contributed by atoms with E-state index < -0.39 is 0 Å². The molecule has 2 N–H and O–H groups in total. The van der Waals surface area contributed by atoms with Gasteiger partial charge in [-0.05, 0) is 30.2 Å². The third-order valence-corrected chi connectivity index (χ3v) is 2.98. The number of rotatable bonds is 5. The van der Waals surface area contributed by atoms with E-state index in [1.54, 1.807) is 0 Å². The van der Waals surface area contributed by atoms with Gasteiger partial charge in [-0.1, -0.05) is 47.5 Å². The van der Waals surface area contributed by atoms with Crippen molar-refractivity contribution in [3.63, 3.8) is 0 Å². The van der Waals surface area contributed by atoms with Crippen molar-refractivity contribution in [2.75, 3.05) is 6.54 Å². The Labute approximate surface area is 84.1 Å². The highest BCUT2D eigenvalue weighted by molar-refractivity contribution is 4.76. The van der Waals surface area contributed by atoms with Crippen LogP contribution in [0.5, 0.6) is 0 Å². The van der Waals surface area contributed by atoms with E-state index in [0.29, 0.717) is 11.3 Å². The van der Waals surface area contributed by atoms with Gasteiger partial charge in [0.05, 0.1) is 0 Å². The molecule has 0 saturated carbocycles. The maximum atomic E-state index is 5.80. The summed E-state index contributed by atoms with van der Waals surface area (Å²) in [7, 11) is 0. The van der Waals surface area contributed by atoms with Crippen molar-refractivity contribution < 1.29 is 0 Å². The number of hydrogen-bond acceptors (Lipinski definition) is 1. The Morgan fingerprint density at radius 3 is 2.08 bits per heavy atom. The van der Waals surface area contributed by atoms with Gasteiger partial charge in [-0.3, -0.25) is 0 Å². The number of nitrogens with two attached hydrogens (primary N) is 1. The van der Waals surface area contributed by atoms with E-state index in [0.717, 1.165) is 12.5 Å². The van der Waals surface area contributed by atoms with E-state index in [2.05, 4.69) is 34.6 Å². The van der Waals surface area contributed by atoms with Crippen LogP contribution in [0.25, 0.3) is 0 Å². The first-order chi connectivity index (χ1) is 5.91. The highest BCUT2D eigenvalue weighted by Crippen LogP contribution is 2.31. The normalized spacial score (nSPS) is 17.1. The van der Waals surface area contributed by atoms with E-state index in [1.165, 1.54) is 19.3 Å². The van der Waals surface area contributed by atoms with E-state index >= 15 is 0 Å². The molecule has 0 heterocycles. The third-order valence-electron chi connectivity index (χ3n) is 2.98. The zero-order valence-electron chi connectivity index (χ0n) is 10.1. The van der Waals surface area contributed by atoms with Crippen LogP contribution in [-0.4, -0.2) is 6.54 Å². The Balaban J connectivity index is 3.98. The predicted octanol–water partition coefficient (Wildman–Crippen LogP) is 3.43. The molecule has 0 amide bonds. The first-order valence-corrected chi connectivity index (χ1v) is 5.61. The lowest BCUT2D eigenvalue weighted by atomic mass is 9.75. The fraction of sp³-hybridized carbons (Fsp3) is 1.00. The summed E-state index contributed by atoms with van der Waals surface area (Å²) < 4.78 is 0. The Morgan fingerprint density at radius 1 is 1.23 bits per heavy atom. The van der Waals surface area contributed by atoms with Crippen molar-refractivity contribution in [3.8, 4) is 0 Å². The van der Waals surface area contributed by atoms with Gasteiger partial charge < -0.3 is 5.73 Å². The average molecular weight is 185 g/mol. The van der Waals surface area contributed by atoms with Gasteiger partial charge >= 0.3 is 0 Å². The molecule has 1 nitrogen and oxygen atoms in total. The van der Waals surface area contributed by atoms with Crippen LogP contribution in [0.4, 0.5) is 0 Å². The molecule has 2 unspecified atom stereocenters. The van der Waals surface area contributed by atoms with Gasteiger partial charge in [0.1, 0.15) is 0 Å². The monoisotopic (exact) mass is 185 g/mol. The molecule has 0 aromatic carbocycles. The molecule has 0 spiro atoms. The summed E-state index contributed by atoms with van der Waals surface area (Å²) >= 11 is 0. The van der Waals surface area contributed by atoms with Crippen LogP contribution in [0.3, 0.4) is 0 Å². The highest BCUT2D eigenvalue weighted by atomic mass is 14.6. The van der Waals surface area contributed by atoms with Crippen LogP contribution in [0.15, 0.2) is 0 Å². The van der Waals surface area contributed by atoms with Crippen LogP contribution in [-0.2, 0) is 0 Å².